The molecule has 2 N–H and O–H groups in total. The van der Waals surface area contributed by atoms with Crippen LogP contribution in [0.5, 0.6) is 0 Å². The molecule has 0 aromatic carbocycles. The molecule has 0 unspecified atom stereocenters. The number of hydrogen-bond donors (Lipinski definition) is 1. The van der Waals surface area contributed by atoms with E-state index in [-0.39, 0.29) is 0 Å². The summed E-state index contributed by atoms with van der Waals surface area (Å²) < 4.78 is 0. The Bertz CT molecular complexity index is 171. The molecule has 0 aromatic rings. The van der Waals surface area contributed by atoms with E-state index >= 15 is 0 Å². The predicted octanol–water partition coefficient (Wildman–Crippen LogP) is 1.39. The van der Waals surface area contributed by atoms with Gasteiger partial charge in [0.1, 0.15) is 0 Å². The molecule has 1 aliphatic rings. The van der Waals surface area contributed by atoms with E-state index in [4.69, 9.17) is 5.73 Å². The smallest absolute Gasteiger partial charge is 0.0110 e. The van der Waals surface area contributed by atoms with Crippen LogP contribution in [-0.2, 0) is 0 Å². The summed E-state index contributed by atoms with van der Waals surface area (Å²) in [5, 5.41) is 0. The van der Waals surface area contributed by atoms with E-state index in [1.54, 1.807) is 0 Å². The first-order valence-electron chi connectivity index (χ1n) is 6.87. The van der Waals surface area contributed by atoms with E-state index in [2.05, 4.69) is 23.6 Å². The fraction of sp³-hybridized carbons (Fsp3) is 1.00. The van der Waals surface area contributed by atoms with E-state index < -0.39 is 0 Å². The van der Waals surface area contributed by atoms with Crippen molar-refractivity contribution in [1.82, 2.24) is 9.80 Å². The van der Waals surface area contributed by atoms with Crippen LogP contribution < -0.4 is 5.73 Å². The average Bonchev–Trinajstić information content (AvgIpc) is 2.44. The number of rotatable bonds is 6. The molecule has 3 nitrogen and oxygen atoms in total. The summed E-state index contributed by atoms with van der Waals surface area (Å²) in [6.07, 6.45) is 4.03. The maximum atomic E-state index is 5.60. The minimum absolute atomic E-state index is 0.799. The Morgan fingerprint density at radius 2 is 1.62 bits per heavy atom. The molecule has 1 saturated heterocycles. The number of nitrogens with zero attached hydrogens (tertiary/aromatic N) is 2. The quantitative estimate of drug-likeness (QED) is 0.744. The van der Waals surface area contributed by atoms with Crippen molar-refractivity contribution in [2.24, 2.45) is 11.7 Å². The summed E-state index contributed by atoms with van der Waals surface area (Å²) in [6, 6.07) is 0. The van der Waals surface area contributed by atoms with Crippen LogP contribution in [0.2, 0.25) is 0 Å². The van der Waals surface area contributed by atoms with Gasteiger partial charge in [-0.05, 0) is 44.8 Å². The van der Waals surface area contributed by atoms with Gasteiger partial charge in [0, 0.05) is 26.2 Å². The topological polar surface area (TPSA) is 32.5 Å². The van der Waals surface area contributed by atoms with E-state index in [0.29, 0.717) is 0 Å². The fourth-order valence-electron chi connectivity index (χ4n) is 2.38. The van der Waals surface area contributed by atoms with Gasteiger partial charge in [0.05, 0.1) is 0 Å². The lowest BCUT2D eigenvalue weighted by Crippen LogP contribution is -2.34. The highest BCUT2D eigenvalue weighted by atomic mass is 15.2. The van der Waals surface area contributed by atoms with Crippen molar-refractivity contribution >= 4 is 0 Å². The van der Waals surface area contributed by atoms with Crippen LogP contribution in [-0.4, -0.2) is 55.6 Å². The van der Waals surface area contributed by atoms with Gasteiger partial charge in [0.15, 0.2) is 0 Å². The lowest BCUT2D eigenvalue weighted by atomic mass is 10.1. The normalized spacial score (nSPS) is 20.2. The second kappa shape index (κ2) is 8.04. The van der Waals surface area contributed by atoms with Gasteiger partial charge in [0.25, 0.3) is 0 Å². The maximum absolute atomic E-state index is 5.60. The van der Waals surface area contributed by atoms with Crippen molar-refractivity contribution in [3.8, 4) is 0 Å². The lowest BCUT2D eigenvalue weighted by Gasteiger charge is -2.21. The molecular formula is C13H29N3. The summed E-state index contributed by atoms with van der Waals surface area (Å²) in [5.74, 6) is 0.848. The minimum atomic E-state index is 0.799. The molecule has 0 spiro atoms. The van der Waals surface area contributed by atoms with Gasteiger partial charge in [-0.25, -0.2) is 0 Å². The Labute approximate surface area is 101 Å². The van der Waals surface area contributed by atoms with E-state index in [1.165, 1.54) is 52.0 Å². The SMILES string of the molecule is CC(C)CCCN1CCCN(CCN)CC1. The van der Waals surface area contributed by atoms with Crippen LogP contribution in [0.4, 0.5) is 0 Å². The Morgan fingerprint density at radius 3 is 2.19 bits per heavy atom. The molecule has 0 aliphatic carbocycles. The largest absolute Gasteiger partial charge is 0.329 e. The summed E-state index contributed by atoms with van der Waals surface area (Å²) >= 11 is 0. The first-order chi connectivity index (χ1) is 7.72. The van der Waals surface area contributed by atoms with Crippen LogP contribution in [0.25, 0.3) is 0 Å². The highest BCUT2D eigenvalue weighted by Gasteiger charge is 2.13. The van der Waals surface area contributed by atoms with E-state index in [1.807, 2.05) is 0 Å². The van der Waals surface area contributed by atoms with Crippen molar-refractivity contribution in [3.63, 3.8) is 0 Å². The Hall–Kier alpha value is -0.120. The van der Waals surface area contributed by atoms with Crippen LogP contribution in [0.15, 0.2) is 0 Å². The van der Waals surface area contributed by atoms with Crippen LogP contribution in [0.3, 0.4) is 0 Å². The first-order valence-corrected chi connectivity index (χ1v) is 6.87. The van der Waals surface area contributed by atoms with Gasteiger partial charge in [-0.2, -0.15) is 0 Å². The average molecular weight is 227 g/mol. The molecule has 0 bridgehead atoms. The third-order valence-electron chi connectivity index (χ3n) is 3.38. The van der Waals surface area contributed by atoms with Gasteiger partial charge >= 0.3 is 0 Å². The lowest BCUT2D eigenvalue weighted by molar-refractivity contribution is 0.254. The van der Waals surface area contributed by atoms with Gasteiger partial charge < -0.3 is 15.5 Å². The summed E-state index contributed by atoms with van der Waals surface area (Å²) in [5.41, 5.74) is 5.60. The monoisotopic (exact) mass is 227 g/mol. The van der Waals surface area contributed by atoms with Crippen molar-refractivity contribution in [2.45, 2.75) is 33.1 Å². The third-order valence-corrected chi connectivity index (χ3v) is 3.38. The van der Waals surface area contributed by atoms with Crippen molar-refractivity contribution in [3.05, 3.63) is 0 Å². The number of nitrogens with two attached hydrogens (primary N) is 1. The standard InChI is InChI=1S/C13H29N3/c1-13(2)5-3-7-15-8-4-9-16(10-6-14)12-11-15/h13H,3-12,14H2,1-2H3. The Morgan fingerprint density at radius 1 is 1.00 bits per heavy atom. The van der Waals surface area contributed by atoms with Crippen molar-refractivity contribution in [1.29, 1.82) is 0 Å². The first kappa shape index (κ1) is 13.9. The molecule has 0 atom stereocenters. The summed E-state index contributed by atoms with van der Waals surface area (Å²) in [6.45, 7) is 12.7. The second-order valence-electron chi connectivity index (χ2n) is 5.36. The van der Waals surface area contributed by atoms with Gasteiger partial charge in [0.2, 0.25) is 0 Å². The van der Waals surface area contributed by atoms with Crippen molar-refractivity contribution < 1.29 is 0 Å². The zero-order valence-electron chi connectivity index (χ0n) is 11.1. The molecule has 1 heterocycles. The van der Waals surface area contributed by atoms with Gasteiger partial charge in [-0.1, -0.05) is 13.8 Å². The van der Waals surface area contributed by atoms with E-state index in [9.17, 15) is 0 Å². The summed E-state index contributed by atoms with van der Waals surface area (Å²) in [7, 11) is 0. The minimum Gasteiger partial charge on any atom is -0.329 e. The zero-order valence-corrected chi connectivity index (χ0v) is 11.1. The highest BCUT2D eigenvalue weighted by Crippen LogP contribution is 2.07. The molecule has 3 heteroatoms. The third kappa shape index (κ3) is 5.83. The molecule has 16 heavy (non-hydrogen) atoms. The molecule has 1 fully saturated rings. The van der Waals surface area contributed by atoms with E-state index in [0.717, 1.165) is 19.0 Å². The Balaban J connectivity index is 2.14. The molecular weight excluding hydrogens is 198 g/mol. The zero-order chi connectivity index (χ0) is 11.8. The molecule has 0 amide bonds. The fourth-order valence-corrected chi connectivity index (χ4v) is 2.38. The predicted molar refractivity (Wildman–Crippen MR) is 70.6 cm³/mol. The Kier molecular flexibility index (Phi) is 7.01. The van der Waals surface area contributed by atoms with Gasteiger partial charge in [-0.15, -0.1) is 0 Å². The molecule has 0 radical (unpaired) electrons. The molecule has 96 valence electrons. The highest BCUT2D eigenvalue weighted by molar-refractivity contribution is 4.69. The van der Waals surface area contributed by atoms with Crippen LogP contribution >= 0.6 is 0 Å². The van der Waals surface area contributed by atoms with Crippen LogP contribution in [0, 0.1) is 5.92 Å². The molecule has 0 aromatic heterocycles. The second-order valence-corrected chi connectivity index (χ2v) is 5.36. The molecule has 1 rings (SSSR count). The summed E-state index contributed by atoms with van der Waals surface area (Å²) in [4.78, 5) is 5.13. The molecule has 0 saturated carbocycles. The van der Waals surface area contributed by atoms with Crippen LogP contribution in [0.1, 0.15) is 33.1 Å². The number of hydrogen-bond acceptors (Lipinski definition) is 3. The molecule has 1 aliphatic heterocycles. The van der Waals surface area contributed by atoms with Crippen molar-refractivity contribution in [2.75, 3.05) is 45.8 Å². The maximum Gasteiger partial charge on any atom is 0.0110 e. The van der Waals surface area contributed by atoms with Gasteiger partial charge in [-0.3, -0.25) is 0 Å².